The van der Waals surface area contributed by atoms with Crippen molar-refractivity contribution >= 4 is 0 Å². The second-order valence-corrected chi connectivity index (χ2v) is 3.98. The molecule has 0 spiro atoms. The van der Waals surface area contributed by atoms with E-state index in [2.05, 4.69) is 18.2 Å². The Labute approximate surface area is 75.9 Å². The van der Waals surface area contributed by atoms with E-state index in [0.29, 0.717) is 5.41 Å². The first-order valence-electron chi connectivity index (χ1n) is 4.92. The molecule has 1 aliphatic carbocycles. The van der Waals surface area contributed by atoms with Crippen LogP contribution in [0.15, 0.2) is 0 Å². The van der Waals surface area contributed by atoms with Gasteiger partial charge < -0.3 is 5.32 Å². The van der Waals surface area contributed by atoms with E-state index in [4.69, 9.17) is 6.42 Å². The quantitative estimate of drug-likeness (QED) is 0.630. The van der Waals surface area contributed by atoms with Crippen molar-refractivity contribution in [3.05, 3.63) is 0 Å². The Morgan fingerprint density at radius 2 is 2.25 bits per heavy atom. The van der Waals surface area contributed by atoms with E-state index in [1.807, 2.05) is 6.92 Å². The zero-order valence-electron chi connectivity index (χ0n) is 8.19. The predicted octanol–water partition coefficient (Wildman–Crippen LogP) is 2.18. The zero-order valence-corrected chi connectivity index (χ0v) is 8.19. The van der Waals surface area contributed by atoms with Gasteiger partial charge >= 0.3 is 0 Å². The Morgan fingerprint density at radius 3 is 2.58 bits per heavy atom. The molecular formula is C11H19N. The SMILES string of the molecule is C#CC(C)NCC1(CC)CCC1. The lowest BCUT2D eigenvalue weighted by atomic mass is 9.67. The van der Waals surface area contributed by atoms with Crippen LogP contribution in [-0.2, 0) is 0 Å². The number of hydrogen-bond acceptors (Lipinski definition) is 1. The molecule has 0 aliphatic heterocycles. The fraction of sp³-hybridized carbons (Fsp3) is 0.818. The molecule has 1 nitrogen and oxygen atoms in total. The van der Waals surface area contributed by atoms with E-state index < -0.39 is 0 Å². The van der Waals surface area contributed by atoms with E-state index >= 15 is 0 Å². The summed E-state index contributed by atoms with van der Waals surface area (Å²) in [5.41, 5.74) is 0.588. The van der Waals surface area contributed by atoms with Crippen LogP contribution in [0.25, 0.3) is 0 Å². The largest absolute Gasteiger partial charge is 0.303 e. The van der Waals surface area contributed by atoms with Gasteiger partial charge in [0.2, 0.25) is 0 Å². The number of terminal acetylenes is 1. The summed E-state index contributed by atoms with van der Waals surface area (Å²) in [4.78, 5) is 0. The standard InChI is InChI=1S/C11H19N/c1-4-10(3)12-9-11(5-2)7-6-8-11/h1,10,12H,5-9H2,2-3H3. The smallest absolute Gasteiger partial charge is 0.0658 e. The van der Waals surface area contributed by atoms with Gasteiger partial charge in [-0.3, -0.25) is 0 Å². The number of rotatable bonds is 4. The maximum atomic E-state index is 5.29. The molecule has 0 aromatic rings. The molecule has 0 amide bonds. The molecule has 1 atom stereocenters. The fourth-order valence-corrected chi connectivity index (χ4v) is 1.76. The van der Waals surface area contributed by atoms with Gasteiger partial charge in [-0.25, -0.2) is 0 Å². The summed E-state index contributed by atoms with van der Waals surface area (Å²) in [5, 5.41) is 3.39. The maximum Gasteiger partial charge on any atom is 0.0658 e. The highest BCUT2D eigenvalue weighted by Crippen LogP contribution is 2.43. The van der Waals surface area contributed by atoms with Gasteiger partial charge in [-0.2, -0.15) is 0 Å². The highest BCUT2D eigenvalue weighted by Gasteiger charge is 2.34. The Balaban J connectivity index is 2.25. The third kappa shape index (κ3) is 2.01. The van der Waals surface area contributed by atoms with Crippen LogP contribution < -0.4 is 5.32 Å². The summed E-state index contributed by atoms with van der Waals surface area (Å²) in [7, 11) is 0. The summed E-state index contributed by atoms with van der Waals surface area (Å²) in [5.74, 6) is 2.70. The van der Waals surface area contributed by atoms with Crippen molar-refractivity contribution < 1.29 is 0 Å². The monoisotopic (exact) mass is 165 g/mol. The molecule has 0 aromatic heterocycles. The van der Waals surface area contributed by atoms with Crippen LogP contribution >= 0.6 is 0 Å². The molecule has 0 heterocycles. The van der Waals surface area contributed by atoms with Crippen LogP contribution in [0.5, 0.6) is 0 Å². The van der Waals surface area contributed by atoms with E-state index in [9.17, 15) is 0 Å². The molecule has 0 radical (unpaired) electrons. The van der Waals surface area contributed by atoms with Gasteiger partial charge in [0.05, 0.1) is 6.04 Å². The van der Waals surface area contributed by atoms with Crippen molar-refractivity contribution in [3.63, 3.8) is 0 Å². The maximum absolute atomic E-state index is 5.29. The van der Waals surface area contributed by atoms with Crippen LogP contribution in [0, 0.1) is 17.8 Å². The third-order valence-corrected chi connectivity index (χ3v) is 3.20. The molecule has 0 aromatic carbocycles. The Bertz CT molecular complexity index is 168. The van der Waals surface area contributed by atoms with E-state index in [-0.39, 0.29) is 6.04 Å². The van der Waals surface area contributed by atoms with Gasteiger partial charge in [0.1, 0.15) is 0 Å². The van der Waals surface area contributed by atoms with E-state index in [1.165, 1.54) is 25.7 Å². The molecule has 1 N–H and O–H groups in total. The van der Waals surface area contributed by atoms with Crippen molar-refractivity contribution in [2.24, 2.45) is 5.41 Å². The topological polar surface area (TPSA) is 12.0 Å². The van der Waals surface area contributed by atoms with Crippen LogP contribution in [0.2, 0.25) is 0 Å². The lowest BCUT2D eigenvalue weighted by Gasteiger charge is -2.42. The van der Waals surface area contributed by atoms with Gasteiger partial charge in [0.15, 0.2) is 0 Å². The molecular weight excluding hydrogens is 146 g/mol. The highest BCUT2D eigenvalue weighted by atomic mass is 14.9. The summed E-state index contributed by atoms with van der Waals surface area (Å²) < 4.78 is 0. The van der Waals surface area contributed by atoms with Gasteiger partial charge in [-0.05, 0) is 31.6 Å². The average Bonchev–Trinajstić information content (AvgIpc) is 2.03. The second kappa shape index (κ2) is 3.96. The van der Waals surface area contributed by atoms with Crippen molar-refractivity contribution in [2.75, 3.05) is 6.54 Å². The minimum absolute atomic E-state index is 0.231. The fourth-order valence-electron chi connectivity index (χ4n) is 1.76. The normalized spacial score (nSPS) is 22.4. The molecule has 1 aliphatic rings. The average molecular weight is 165 g/mol. The van der Waals surface area contributed by atoms with Crippen LogP contribution in [-0.4, -0.2) is 12.6 Å². The first-order valence-corrected chi connectivity index (χ1v) is 4.92. The summed E-state index contributed by atoms with van der Waals surface area (Å²) in [6, 6.07) is 0.231. The van der Waals surface area contributed by atoms with Gasteiger partial charge in [-0.15, -0.1) is 6.42 Å². The van der Waals surface area contributed by atoms with E-state index in [1.54, 1.807) is 0 Å². The van der Waals surface area contributed by atoms with Gasteiger partial charge in [0, 0.05) is 6.54 Å². The molecule has 1 rings (SSSR count). The van der Waals surface area contributed by atoms with Gasteiger partial charge in [-0.1, -0.05) is 19.3 Å². The molecule has 1 unspecified atom stereocenters. The van der Waals surface area contributed by atoms with Crippen molar-refractivity contribution in [3.8, 4) is 12.3 Å². The summed E-state index contributed by atoms with van der Waals surface area (Å²) >= 11 is 0. The van der Waals surface area contributed by atoms with Crippen LogP contribution in [0.4, 0.5) is 0 Å². The summed E-state index contributed by atoms with van der Waals surface area (Å²) in [6.45, 7) is 5.43. The number of hydrogen-bond donors (Lipinski definition) is 1. The number of nitrogens with one attached hydrogen (secondary N) is 1. The minimum Gasteiger partial charge on any atom is -0.303 e. The van der Waals surface area contributed by atoms with Crippen LogP contribution in [0.1, 0.15) is 39.5 Å². The lowest BCUT2D eigenvalue weighted by molar-refractivity contribution is 0.122. The molecule has 1 fully saturated rings. The lowest BCUT2D eigenvalue weighted by Crippen LogP contribution is -2.42. The second-order valence-electron chi connectivity index (χ2n) is 3.98. The van der Waals surface area contributed by atoms with E-state index in [0.717, 1.165) is 6.54 Å². The minimum atomic E-state index is 0.231. The zero-order chi connectivity index (χ0) is 9.03. The van der Waals surface area contributed by atoms with Crippen molar-refractivity contribution in [1.82, 2.24) is 5.32 Å². The molecule has 0 bridgehead atoms. The van der Waals surface area contributed by atoms with Gasteiger partial charge in [0.25, 0.3) is 0 Å². The molecule has 1 heteroatoms. The molecule has 12 heavy (non-hydrogen) atoms. The van der Waals surface area contributed by atoms with Crippen molar-refractivity contribution in [1.29, 1.82) is 0 Å². The predicted molar refractivity (Wildman–Crippen MR) is 52.9 cm³/mol. The molecule has 1 saturated carbocycles. The van der Waals surface area contributed by atoms with Crippen LogP contribution in [0.3, 0.4) is 0 Å². The molecule has 68 valence electrons. The first kappa shape index (κ1) is 9.61. The third-order valence-electron chi connectivity index (χ3n) is 3.20. The Hall–Kier alpha value is -0.480. The van der Waals surface area contributed by atoms with Crippen molar-refractivity contribution in [2.45, 2.75) is 45.6 Å². The highest BCUT2D eigenvalue weighted by molar-refractivity contribution is 4.98. The summed E-state index contributed by atoms with van der Waals surface area (Å²) in [6.07, 6.45) is 10.7. The Morgan fingerprint density at radius 1 is 1.58 bits per heavy atom. The molecule has 0 saturated heterocycles. The first-order chi connectivity index (χ1) is 5.72. The Kier molecular flexibility index (Phi) is 3.17.